The van der Waals surface area contributed by atoms with Gasteiger partial charge in [0, 0.05) is 0 Å². The molecule has 16 heteroatoms. The van der Waals surface area contributed by atoms with Gasteiger partial charge in [-0.2, -0.15) is 43.9 Å². The second-order valence-corrected chi connectivity index (χ2v) is 11.6. The zero-order chi connectivity index (χ0) is 31.3. The summed E-state index contributed by atoms with van der Waals surface area (Å²) < 4.78 is 140. The summed E-state index contributed by atoms with van der Waals surface area (Å²) in [6.07, 6.45) is -21.0. The van der Waals surface area contributed by atoms with Gasteiger partial charge in [0.2, 0.25) is 0 Å². The number of hydrogen-bond donors (Lipinski definition) is 4. The first-order valence-electron chi connectivity index (χ1n) is 12.6. The van der Waals surface area contributed by atoms with E-state index in [2.05, 4.69) is 9.47 Å². The van der Waals surface area contributed by atoms with Gasteiger partial charge in [0.1, 0.15) is 0 Å². The maximum Gasteiger partial charge on any atom is 0.499 e. The Hall–Kier alpha value is -3.46. The number of phenols is 2. The monoisotopic (exact) mass is 618 g/mol. The summed E-state index contributed by atoms with van der Waals surface area (Å²) in [5.74, 6) is -4.79. The van der Waals surface area contributed by atoms with Crippen molar-refractivity contribution in [3.8, 4) is 23.0 Å². The van der Waals surface area contributed by atoms with Crippen LogP contribution in [0.2, 0.25) is 0 Å². The van der Waals surface area contributed by atoms with Gasteiger partial charge in [-0.15, -0.1) is 0 Å². The molecule has 6 nitrogen and oxygen atoms in total. The fraction of sp³-hybridized carbons (Fsp3) is 0.538. The predicted octanol–water partition coefficient (Wildman–Crippen LogP) is 7.12. The van der Waals surface area contributed by atoms with Crippen LogP contribution < -0.4 is 20.9 Å². The Morgan fingerprint density at radius 2 is 0.952 bits per heavy atom. The van der Waals surface area contributed by atoms with Gasteiger partial charge in [0.05, 0.1) is 11.4 Å². The van der Waals surface area contributed by atoms with Crippen LogP contribution in [0.15, 0.2) is 24.3 Å². The molecule has 6 N–H and O–H groups in total. The molecule has 0 radical (unpaired) electrons. The molecule has 0 saturated heterocycles. The molecule has 2 aromatic rings. The topological polar surface area (TPSA) is 111 Å². The Kier molecular flexibility index (Phi) is 6.45. The van der Waals surface area contributed by atoms with Crippen molar-refractivity contribution in [2.24, 2.45) is 11.8 Å². The van der Waals surface area contributed by atoms with Gasteiger partial charge in [-0.25, -0.2) is 0 Å². The third kappa shape index (κ3) is 4.75. The highest BCUT2D eigenvalue weighted by Gasteiger charge is 2.63. The van der Waals surface area contributed by atoms with E-state index in [1.54, 1.807) is 0 Å². The highest BCUT2D eigenvalue weighted by atomic mass is 19.4. The van der Waals surface area contributed by atoms with Crippen LogP contribution in [0.5, 0.6) is 23.0 Å². The lowest BCUT2D eigenvalue weighted by Crippen LogP contribution is -2.56. The van der Waals surface area contributed by atoms with E-state index in [9.17, 15) is 54.1 Å². The van der Waals surface area contributed by atoms with Crippen molar-refractivity contribution in [2.45, 2.75) is 73.9 Å². The fourth-order valence-corrected chi connectivity index (χ4v) is 7.36. The van der Waals surface area contributed by atoms with Crippen LogP contribution in [0.4, 0.5) is 55.3 Å². The van der Waals surface area contributed by atoms with Crippen molar-refractivity contribution in [1.29, 1.82) is 0 Å². The summed E-state index contributed by atoms with van der Waals surface area (Å²) in [5, 5.41) is 20.3. The van der Waals surface area contributed by atoms with Crippen LogP contribution in [0.25, 0.3) is 0 Å². The zero-order valence-corrected chi connectivity index (χ0v) is 21.4. The minimum absolute atomic E-state index is 0.0710. The summed E-state index contributed by atoms with van der Waals surface area (Å²) in [6.45, 7) is 0. The van der Waals surface area contributed by atoms with Crippen LogP contribution in [0.1, 0.15) is 49.7 Å². The maximum absolute atomic E-state index is 13.7. The second-order valence-electron chi connectivity index (χ2n) is 11.6. The number of ether oxygens (including phenoxy) is 2. The molecule has 42 heavy (non-hydrogen) atoms. The quantitative estimate of drug-likeness (QED) is 0.156. The highest BCUT2D eigenvalue weighted by Crippen LogP contribution is 2.67. The molecule has 0 spiro atoms. The third-order valence-corrected chi connectivity index (χ3v) is 8.63. The number of benzene rings is 2. The molecule has 4 aliphatic rings. The van der Waals surface area contributed by atoms with Crippen LogP contribution in [-0.4, -0.2) is 34.8 Å². The molecule has 0 heterocycles. The average Bonchev–Trinajstić information content (AvgIpc) is 2.82. The number of nitrogen functional groups attached to an aromatic ring is 2. The average molecular weight is 618 g/mol. The molecule has 0 aromatic heterocycles. The Morgan fingerprint density at radius 3 is 1.26 bits per heavy atom. The molecule has 0 atom stereocenters. The second kappa shape index (κ2) is 9.02. The van der Waals surface area contributed by atoms with Gasteiger partial charge in [0.25, 0.3) is 0 Å². The van der Waals surface area contributed by atoms with Crippen molar-refractivity contribution in [2.75, 3.05) is 11.5 Å². The zero-order valence-electron chi connectivity index (χ0n) is 21.4. The van der Waals surface area contributed by atoms with Gasteiger partial charge in [-0.05, 0) is 96.6 Å². The molecule has 0 unspecified atom stereocenters. The van der Waals surface area contributed by atoms with Gasteiger partial charge >= 0.3 is 24.6 Å². The van der Waals surface area contributed by atoms with E-state index in [0.717, 1.165) is 12.1 Å². The molecule has 2 aromatic carbocycles. The fourth-order valence-electron chi connectivity index (χ4n) is 7.36. The number of halogens is 10. The molecule has 4 saturated carbocycles. The Balaban J connectivity index is 1.57. The standard InChI is InChI=1S/C26H24F10N2O4/c27-23(28,29)25(33,34)41-17-4-13(2-15(37)19(17)39)21-6-11-1-12(7-21)9-22(8-11,10-21)14-3-16(38)20(40)18(5-14)42-26(35,36)24(30,31)32/h2-5,11-12,39-40H,1,6-10,37-38H2. The summed E-state index contributed by atoms with van der Waals surface area (Å²) in [7, 11) is 0. The number of hydrogen-bond acceptors (Lipinski definition) is 6. The lowest BCUT2D eigenvalue weighted by Gasteiger charge is -2.63. The van der Waals surface area contributed by atoms with E-state index in [1.807, 2.05) is 0 Å². The van der Waals surface area contributed by atoms with E-state index < -0.39 is 69.8 Å². The number of rotatable bonds is 6. The van der Waals surface area contributed by atoms with Crippen molar-refractivity contribution in [3.05, 3.63) is 35.4 Å². The minimum Gasteiger partial charge on any atom is -0.503 e. The molecule has 4 fully saturated rings. The van der Waals surface area contributed by atoms with Gasteiger partial charge in [-0.1, -0.05) is 0 Å². The van der Waals surface area contributed by atoms with Crippen LogP contribution >= 0.6 is 0 Å². The lowest BCUT2D eigenvalue weighted by molar-refractivity contribution is -0.360. The van der Waals surface area contributed by atoms with Crippen LogP contribution in [-0.2, 0) is 10.8 Å². The molecule has 0 aliphatic heterocycles. The number of nitrogens with two attached hydrogens (primary N) is 2. The maximum atomic E-state index is 13.7. The first-order chi connectivity index (χ1) is 19.1. The number of phenolic OH excluding ortho intramolecular Hbond substituents is 2. The van der Waals surface area contributed by atoms with E-state index in [-0.39, 0.29) is 29.4 Å². The van der Waals surface area contributed by atoms with E-state index in [4.69, 9.17) is 11.5 Å². The van der Waals surface area contributed by atoms with Crippen LogP contribution in [0.3, 0.4) is 0 Å². The normalized spacial score (nSPS) is 27.8. The molecular weight excluding hydrogens is 594 g/mol. The molecule has 4 bridgehead atoms. The van der Waals surface area contributed by atoms with Crippen molar-refractivity contribution >= 4 is 11.4 Å². The summed E-state index contributed by atoms with van der Waals surface area (Å²) in [5.41, 5.74) is 9.04. The highest BCUT2D eigenvalue weighted by molar-refractivity contribution is 5.64. The summed E-state index contributed by atoms with van der Waals surface area (Å²) in [4.78, 5) is 0. The van der Waals surface area contributed by atoms with E-state index >= 15 is 0 Å². The largest absolute Gasteiger partial charge is 0.503 e. The Labute approximate surface area is 231 Å². The Morgan fingerprint density at radius 1 is 0.619 bits per heavy atom. The molecule has 4 aliphatic carbocycles. The molecule has 0 amide bonds. The van der Waals surface area contributed by atoms with Gasteiger partial charge in [-0.3, -0.25) is 0 Å². The minimum atomic E-state index is -6.10. The van der Waals surface area contributed by atoms with Crippen molar-refractivity contribution in [3.63, 3.8) is 0 Å². The third-order valence-electron chi connectivity index (χ3n) is 8.63. The summed E-state index contributed by atoms with van der Waals surface area (Å²) >= 11 is 0. The summed E-state index contributed by atoms with van der Waals surface area (Å²) in [6, 6.07) is 4.18. The number of anilines is 2. The Bertz CT molecular complexity index is 1290. The first kappa shape index (κ1) is 30.0. The van der Waals surface area contributed by atoms with Crippen LogP contribution in [0, 0.1) is 11.8 Å². The predicted molar refractivity (Wildman–Crippen MR) is 126 cm³/mol. The SMILES string of the molecule is Nc1cc(C23CC4CC(C2)CC(c2cc(N)c(O)c(OC(F)(F)C(F)(F)F)c2)(C4)C3)cc(OC(F)(F)C(F)(F)F)c1O. The molecule has 232 valence electrons. The van der Waals surface area contributed by atoms with Gasteiger partial charge < -0.3 is 31.2 Å². The van der Waals surface area contributed by atoms with E-state index in [1.165, 1.54) is 12.1 Å². The van der Waals surface area contributed by atoms with Crippen molar-refractivity contribution in [1.82, 2.24) is 0 Å². The molecule has 6 rings (SSSR count). The first-order valence-corrected chi connectivity index (χ1v) is 12.6. The van der Waals surface area contributed by atoms with Crippen molar-refractivity contribution < 1.29 is 63.6 Å². The van der Waals surface area contributed by atoms with E-state index in [0.29, 0.717) is 32.1 Å². The smallest absolute Gasteiger partial charge is 0.499 e. The number of aromatic hydroxyl groups is 2. The lowest BCUT2D eigenvalue weighted by atomic mass is 9.41. The van der Waals surface area contributed by atoms with Gasteiger partial charge in [0.15, 0.2) is 23.0 Å². The number of alkyl halides is 10. The molecular formula is C26H24F10N2O4.